The fourth-order valence-corrected chi connectivity index (χ4v) is 2.86. The van der Waals surface area contributed by atoms with E-state index >= 15 is 0 Å². The van der Waals surface area contributed by atoms with E-state index in [2.05, 4.69) is 4.98 Å². The summed E-state index contributed by atoms with van der Waals surface area (Å²) >= 11 is 0. The second kappa shape index (κ2) is 4.26. The van der Waals surface area contributed by atoms with Crippen LogP contribution in [0.1, 0.15) is 10.4 Å². The Morgan fingerprint density at radius 3 is 2.33 bits per heavy atom. The molecule has 0 aliphatic heterocycles. The van der Waals surface area contributed by atoms with E-state index in [-0.39, 0.29) is 15.5 Å². The first kappa shape index (κ1) is 12.3. The van der Waals surface area contributed by atoms with Gasteiger partial charge in [-0.2, -0.15) is 0 Å². The average Bonchev–Trinajstić information content (AvgIpc) is 2.76. The van der Waals surface area contributed by atoms with Gasteiger partial charge in [0.1, 0.15) is 0 Å². The van der Waals surface area contributed by atoms with Gasteiger partial charge in [-0.15, -0.1) is 0 Å². The number of nitrogens with zero attached hydrogens (tertiary/aromatic N) is 2. The van der Waals surface area contributed by atoms with Crippen LogP contribution in [0.4, 0.5) is 0 Å². The summed E-state index contributed by atoms with van der Waals surface area (Å²) in [5.41, 5.74) is 0.0407. The summed E-state index contributed by atoms with van der Waals surface area (Å²) in [6.45, 7) is 0. The van der Waals surface area contributed by atoms with Gasteiger partial charge in [0.25, 0.3) is 0 Å². The summed E-state index contributed by atoms with van der Waals surface area (Å²) in [6.07, 6.45) is 2.64. The fourth-order valence-electron chi connectivity index (χ4n) is 1.50. The summed E-state index contributed by atoms with van der Waals surface area (Å²) in [5.74, 6) is -1.10. The number of rotatable bonds is 3. The molecule has 1 heterocycles. The highest BCUT2D eigenvalue weighted by molar-refractivity contribution is 7.91. The Bertz CT molecular complexity index is 686. The van der Waals surface area contributed by atoms with Crippen LogP contribution in [0, 0.1) is 0 Å². The second-order valence-corrected chi connectivity index (χ2v) is 5.57. The lowest BCUT2D eigenvalue weighted by atomic mass is 10.2. The Labute approximate surface area is 103 Å². The standard InChI is InChI=1S/C11H10N2O4S/c1-13-7-12-6-10(13)18(16,17)9-4-2-8(3-5-9)11(14)15/h2-7H,1H3,(H,14,15). The highest BCUT2D eigenvalue weighted by Gasteiger charge is 2.21. The van der Waals surface area contributed by atoms with Gasteiger partial charge in [0.15, 0.2) is 5.03 Å². The van der Waals surface area contributed by atoms with Crippen molar-refractivity contribution in [2.24, 2.45) is 7.05 Å². The molecule has 1 aromatic carbocycles. The van der Waals surface area contributed by atoms with Crippen LogP contribution < -0.4 is 0 Å². The van der Waals surface area contributed by atoms with Crippen LogP contribution in [0.15, 0.2) is 46.7 Å². The van der Waals surface area contributed by atoms with Crippen molar-refractivity contribution in [3.8, 4) is 0 Å². The molecule has 0 saturated heterocycles. The first-order valence-electron chi connectivity index (χ1n) is 4.97. The van der Waals surface area contributed by atoms with Crippen LogP contribution >= 0.6 is 0 Å². The number of aromatic carboxylic acids is 1. The van der Waals surface area contributed by atoms with Crippen molar-refractivity contribution < 1.29 is 18.3 Å². The maximum absolute atomic E-state index is 12.2. The SMILES string of the molecule is Cn1cncc1S(=O)(=O)c1ccc(C(=O)O)cc1. The molecule has 0 atom stereocenters. The summed E-state index contributed by atoms with van der Waals surface area (Å²) < 4.78 is 25.8. The molecule has 0 aliphatic rings. The fraction of sp³-hybridized carbons (Fsp3) is 0.0909. The van der Waals surface area contributed by atoms with Crippen LogP contribution in [-0.2, 0) is 16.9 Å². The van der Waals surface area contributed by atoms with Crippen molar-refractivity contribution in [1.82, 2.24) is 9.55 Å². The van der Waals surface area contributed by atoms with Crippen LogP contribution in [-0.4, -0.2) is 29.0 Å². The number of carboxylic acid groups (broad SMARTS) is 1. The molecule has 1 aromatic heterocycles. The van der Waals surface area contributed by atoms with Crippen LogP contribution in [0.5, 0.6) is 0 Å². The lowest BCUT2D eigenvalue weighted by Crippen LogP contribution is -2.07. The van der Waals surface area contributed by atoms with Crippen molar-refractivity contribution >= 4 is 15.8 Å². The highest BCUT2D eigenvalue weighted by Crippen LogP contribution is 2.20. The van der Waals surface area contributed by atoms with Crippen LogP contribution in [0.25, 0.3) is 0 Å². The zero-order chi connectivity index (χ0) is 13.3. The van der Waals surface area contributed by atoms with E-state index in [1.54, 1.807) is 7.05 Å². The van der Waals surface area contributed by atoms with Crippen molar-refractivity contribution in [1.29, 1.82) is 0 Å². The number of hydrogen-bond acceptors (Lipinski definition) is 4. The van der Waals surface area contributed by atoms with Gasteiger partial charge >= 0.3 is 5.97 Å². The predicted octanol–water partition coefficient (Wildman–Crippen LogP) is 0.951. The monoisotopic (exact) mass is 266 g/mol. The minimum absolute atomic E-state index is 0.0381. The Morgan fingerprint density at radius 2 is 1.89 bits per heavy atom. The molecule has 0 saturated carbocycles. The number of carboxylic acids is 1. The topological polar surface area (TPSA) is 89.3 Å². The molecule has 0 aliphatic carbocycles. The lowest BCUT2D eigenvalue weighted by Gasteiger charge is -2.05. The van der Waals surface area contributed by atoms with Gasteiger partial charge < -0.3 is 9.67 Å². The minimum atomic E-state index is -3.66. The molecular weight excluding hydrogens is 256 g/mol. The number of hydrogen-bond donors (Lipinski definition) is 1. The van der Waals surface area contributed by atoms with E-state index in [4.69, 9.17) is 5.11 Å². The maximum atomic E-state index is 12.2. The molecule has 1 N–H and O–H groups in total. The van der Waals surface area contributed by atoms with Crippen molar-refractivity contribution in [3.63, 3.8) is 0 Å². The summed E-state index contributed by atoms with van der Waals surface area (Å²) in [6, 6.07) is 5.05. The molecule has 2 aromatic rings. The number of imidazole rings is 1. The number of aromatic nitrogens is 2. The summed E-state index contributed by atoms with van der Waals surface area (Å²) in [7, 11) is -2.09. The molecule has 0 bridgehead atoms. The van der Waals surface area contributed by atoms with E-state index in [0.29, 0.717) is 0 Å². The summed E-state index contributed by atoms with van der Waals surface area (Å²) in [5, 5.41) is 8.80. The highest BCUT2D eigenvalue weighted by atomic mass is 32.2. The number of aryl methyl sites for hydroxylation is 1. The smallest absolute Gasteiger partial charge is 0.335 e. The van der Waals surface area contributed by atoms with Crippen molar-refractivity contribution in [3.05, 3.63) is 42.4 Å². The number of benzene rings is 1. The first-order chi connectivity index (χ1) is 8.43. The predicted molar refractivity (Wildman–Crippen MR) is 62.1 cm³/mol. The third kappa shape index (κ3) is 2.00. The van der Waals surface area contributed by atoms with E-state index in [9.17, 15) is 13.2 Å². The van der Waals surface area contributed by atoms with Crippen molar-refractivity contribution in [2.75, 3.05) is 0 Å². The summed E-state index contributed by atoms with van der Waals surface area (Å²) in [4.78, 5) is 14.5. The lowest BCUT2D eigenvalue weighted by molar-refractivity contribution is 0.0697. The molecule has 0 spiro atoms. The zero-order valence-electron chi connectivity index (χ0n) is 9.44. The van der Waals surface area contributed by atoms with Gasteiger partial charge in [0, 0.05) is 7.05 Å². The Balaban J connectivity index is 2.49. The number of sulfone groups is 1. The minimum Gasteiger partial charge on any atom is -0.478 e. The van der Waals surface area contributed by atoms with Gasteiger partial charge in [-0.25, -0.2) is 18.2 Å². The Morgan fingerprint density at radius 1 is 1.28 bits per heavy atom. The molecule has 18 heavy (non-hydrogen) atoms. The molecule has 0 amide bonds. The zero-order valence-corrected chi connectivity index (χ0v) is 10.3. The molecule has 7 heteroatoms. The first-order valence-corrected chi connectivity index (χ1v) is 6.46. The molecule has 94 valence electrons. The Kier molecular flexibility index (Phi) is 2.92. The van der Waals surface area contributed by atoms with Crippen LogP contribution in [0.2, 0.25) is 0 Å². The molecule has 0 fully saturated rings. The van der Waals surface area contributed by atoms with E-state index < -0.39 is 15.8 Å². The second-order valence-electron chi connectivity index (χ2n) is 3.68. The van der Waals surface area contributed by atoms with Crippen molar-refractivity contribution in [2.45, 2.75) is 9.92 Å². The van der Waals surface area contributed by atoms with Gasteiger partial charge in [-0.1, -0.05) is 0 Å². The third-order valence-corrected chi connectivity index (χ3v) is 4.30. The average molecular weight is 266 g/mol. The molecule has 2 rings (SSSR count). The van der Waals surface area contributed by atoms with E-state index in [1.807, 2.05) is 0 Å². The van der Waals surface area contributed by atoms with Crippen LogP contribution in [0.3, 0.4) is 0 Å². The molecule has 0 radical (unpaired) electrons. The molecule has 6 nitrogen and oxygen atoms in total. The molecule has 0 unspecified atom stereocenters. The van der Waals surface area contributed by atoms with Gasteiger partial charge in [0.2, 0.25) is 9.84 Å². The molecular formula is C11H10N2O4S. The quantitative estimate of drug-likeness (QED) is 0.893. The Hall–Kier alpha value is -2.15. The third-order valence-electron chi connectivity index (χ3n) is 2.46. The maximum Gasteiger partial charge on any atom is 0.335 e. The largest absolute Gasteiger partial charge is 0.478 e. The van der Waals surface area contributed by atoms with E-state index in [1.165, 1.54) is 41.4 Å². The normalized spacial score (nSPS) is 11.4. The van der Waals surface area contributed by atoms with Gasteiger partial charge in [-0.3, -0.25) is 0 Å². The number of carbonyl (C=O) groups is 1. The van der Waals surface area contributed by atoms with Gasteiger partial charge in [-0.05, 0) is 24.3 Å². The van der Waals surface area contributed by atoms with E-state index in [0.717, 1.165) is 0 Å². The van der Waals surface area contributed by atoms with Gasteiger partial charge in [0.05, 0.1) is 23.0 Å².